The zero-order valence-corrected chi connectivity index (χ0v) is 14.0. The Morgan fingerprint density at radius 1 is 0.920 bits per heavy atom. The summed E-state index contributed by atoms with van der Waals surface area (Å²) in [4.78, 5) is 22.5. The minimum absolute atomic E-state index is 0.0799. The molecule has 0 fully saturated rings. The first kappa shape index (κ1) is 17.0. The number of carboxylic acids is 2. The van der Waals surface area contributed by atoms with Gasteiger partial charge in [0.1, 0.15) is 0 Å². The molecule has 0 amide bonds. The van der Waals surface area contributed by atoms with E-state index in [0.29, 0.717) is 22.0 Å². The van der Waals surface area contributed by atoms with Crippen LogP contribution in [-0.4, -0.2) is 31.9 Å². The highest BCUT2D eigenvalue weighted by molar-refractivity contribution is 6.42. The van der Waals surface area contributed by atoms with Gasteiger partial charge in [-0.25, -0.2) is 14.3 Å². The largest absolute Gasteiger partial charge is 0.478 e. The number of aromatic carboxylic acids is 2. The Morgan fingerprint density at radius 3 is 2.32 bits per heavy atom. The van der Waals surface area contributed by atoms with Crippen LogP contribution < -0.4 is 0 Å². The zero-order valence-electron chi connectivity index (χ0n) is 12.5. The first-order valence-electron chi connectivity index (χ1n) is 6.99. The molecule has 0 bridgehead atoms. The van der Waals surface area contributed by atoms with Crippen molar-refractivity contribution in [1.82, 2.24) is 9.78 Å². The van der Waals surface area contributed by atoms with Gasteiger partial charge in [0.05, 0.1) is 27.0 Å². The second kappa shape index (κ2) is 6.58. The Hall–Kier alpha value is -2.83. The molecular weight excluding hydrogens is 367 g/mol. The third-order valence-corrected chi connectivity index (χ3v) is 4.22. The summed E-state index contributed by atoms with van der Waals surface area (Å²) in [5, 5.41) is 23.1. The van der Waals surface area contributed by atoms with E-state index in [1.807, 2.05) is 0 Å². The second-order valence-electron chi connectivity index (χ2n) is 5.12. The molecule has 0 aliphatic rings. The van der Waals surface area contributed by atoms with Crippen LogP contribution in [0.4, 0.5) is 0 Å². The van der Waals surface area contributed by atoms with Crippen LogP contribution in [0.5, 0.6) is 0 Å². The predicted molar refractivity (Wildman–Crippen MR) is 92.9 cm³/mol. The first-order valence-corrected chi connectivity index (χ1v) is 7.75. The number of carbonyl (C=O) groups is 2. The van der Waals surface area contributed by atoms with Crippen LogP contribution in [-0.2, 0) is 0 Å². The molecule has 8 heteroatoms. The number of rotatable bonds is 4. The SMILES string of the molecule is O=C(O)c1cccc(-c2cc(C(=O)O)nn2-c2ccc(Cl)c(Cl)c2)c1. The molecule has 0 aliphatic heterocycles. The maximum Gasteiger partial charge on any atom is 0.356 e. The molecule has 0 unspecified atom stereocenters. The third-order valence-electron chi connectivity index (χ3n) is 3.48. The molecule has 0 atom stereocenters. The summed E-state index contributed by atoms with van der Waals surface area (Å²) in [6.45, 7) is 0. The lowest BCUT2D eigenvalue weighted by Gasteiger charge is -2.09. The van der Waals surface area contributed by atoms with Crippen molar-refractivity contribution in [3.8, 4) is 16.9 Å². The summed E-state index contributed by atoms with van der Waals surface area (Å²) in [5.74, 6) is -2.28. The average Bonchev–Trinajstić information content (AvgIpc) is 3.03. The van der Waals surface area contributed by atoms with Crippen LogP contribution >= 0.6 is 23.2 Å². The molecule has 126 valence electrons. The van der Waals surface area contributed by atoms with E-state index < -0.39 is 11.9 Å². The molecule has 0 saturated carbocycles. The number of aromatic nitrogens is 2. The van der Waals surface area contributed by atoms with Gasteiger partial charge in [0.25, 0.3) is 0 Å². The molecule has 3 rings (SSSR count). The third kappa shape index (κ3) is 3.35. The van der Waals surface area contributed by atoms with Gasteiger partial charge in [-0.1, -0.05) is 35.3 Å². The van der Waals surface area contributed by atoms with Crippen molar-refractivity contribution < 1.29 is 19.8 Å². The van der Waals surface area contributed by atoms with Gasteiger partial charge in [0.2, 0.25) is 0 Å². The molecule has 0 radical (unpaired) electrons. The summed E-state index contributed by atoms with van der Waals surface area (Å²) in [7, 11) is 0. The van der Waals surface area contributed by atoms with Crippen LogP contribution in [0.1, 0.15) is 20.8 Å². The van der Waals surface area contributed by atoms with Crippen LogP contribution in [0.15, 0.2) is 48.5 Å². The van der Waals surface area contributed by atoms with Crippen molar-refractivity contribution in [1.29, 1.82) is 0 Å². The predicted octanol–water partition coefficient (Wildman–Crippen LogP) is 4.24. The maximum absolute atomic E-state index is 11.3. The Kier molecular flexibility index (Phi) is 4.48. The molecule has 1 heterocycles. The molecule has 0 spiro atoms. The van der Waals surface area contributed by atoms with Crippen molar-refractivity contribution in [3.63, 3.8) is 0 Å². The Morgan fingerprint density at radius 2 is 1.68 bits per heavy atom. The number of carboxylic acid groups (broad SMARTS) is 2. The Bertz CT molecular complexity index is 998. The van der Waals surface area contributed by atoms with E-state index in [4.69, 9.17) is 28.3 Å². The lowest BCUT2D eigenvalue weighted by atomic mass is 10.1. The van der Waals surface area contributed by atoms with Crippen LogP contribution in [0.25, 0.3) is 16.9 Å². The smallest absolute Gasteiger partial charge is 0.356 e. The van der Waals surface area contributed by atoms with Crippen molar-refractivity contribution in [2.24, 2.45) is 0 Å². The molecule has 1 aromatic heterocycles. The van der Waals surface area contributed by atoms with Crippen molar-refractivity contribution in [2.45, 2.75) is 0 Å². The summed E-state index contributed by atoms with van der Waals surface area (Å²) in [5.41, 5.74) is 1.32. The monoisotopic (exact) mass is 376 g/mol. The van der Waals surface area contributed by atoms with E-state index in [-0.39, 0.29) is 16.3 Å². The minimum atomic E-state index is -1.20. The topological polar surface area (TPSA) is 92.4 Å². The van der Waals surface area contributed by atoms with Gasteiger partial charge in [-0.05, 0) is 36.4 Å². The van der Waals surface area contributed by atoms with E-state index in [2.05, 4.69) is 5.10 Å². The van der Waals surface area contributed by atoms with Crippen LogP contribution in [0.2, 0.25) is 10.0 Å². The summed E-state index contributed by atoms with van der Waals surface area (Å²) in [6, 6.07) is 12.3. The quantitative estimate of drug-likeness (QED) is 0.710. The van der Waals surface area contributed by atoms with Crippen molar-refractivity contribution in [2.75, 3.05) is 0 Å². The van der Waals surface area contributed by atoms with Gasteiger partial charge < -0.3 is 10.2 Å². The fraction of sp³-hybridized carbons (Fsp3) is 0. The molecule has 2 aromatic carbocycles. The van der Waals surface area contributed by atoms with E-state index in [0.717, 1.165) is 0 Å². The number of nitrogens with zero attached hydrogens (tertiary/aromatic N) is 2. The van der Waals surface area contributed by atoms with Gasteiger partial charge in [0.15, 0.2) is 5.69 Å². The lowest BCUT2D eigenvalue weighted by Crippen LogP contribution is -2.03. The molecule has 25 heavy (non-hydrogen) atoms. The fourth-order valence-corrected chi connectivity index (χ4v) is 2.61. The van der Waals surface area contributed by atoms with Gasteiger partial charge in [-0.3, -0.25) is 0 Å². The summed E-state index contributed by atoms with van der Waals surface area (Å²) >= 11 is 11.9. The zero-order chi connectivity index (χ0) is 18.1. The fourth-order valence-electron chi connectivity index (χ4n) is 2.32. The van der Waals surface area contributed by atoms with Crippen molar-refractivity contribution in [3.05, 3.63) is 69.8 Å². The average molecular weight is 377 g/mol. The van der Waals surface area contributed by atoms with E-state index in [9.17, 15) is 14.7 Å². The van der Waals surface area contributed by atoms with Crippen molar-refractivity contribution >= 4 is 35.1 Å². The molecular formula is C17H10Cl2N2O4. The standard InChI is InChI=1S/C17H10Cl2N2O4/c18-12-5-4-11(7-13(12)19)21-15(8-14(20-21)17(24)25)9-2-1-3-10(6-9)16(22)23/h1-8H,(H,22,23)(H,24,25). The first-order chi connectivity index (χ1) is 11.9. The summed E-state index contributed by atoms with van der Waals surface area (Å²) in [6.07, 6.45) is 0. The highest BCUT2D eigenvalue weighted by Crippen LogP contribution is 2.29. The number of hydrogen-bond acceptors (Lipinski definition) is 3. The Labute approximate surface area is 151 Å². The van der Waals surface area contributed by atoms with Crippen LogP contribution in [0, 0.1) is 0 Å². The van der Waals surface area contributed by atoms with E-state index in [1.165, 1.54) is 22.9 Å². The van der Waals surface area contributed by atoms with Gasteiger partial charge in [-0.15, -0.1) is 0 Å². The van der Waals surface area contributed by atoms with Gasteiger partial charge in [0, 0.05) is 5.56 Å². The maximum atomic E-state index is 11.3. The lowest BCUT2D eigenvalue weighted by molar-refractivity contribution is 0.0682. The molecule has 2 N–H and O–H groups in total. The van der Waals surface area contributed by atoms with E-state index >= 15 is 0 Å². The summed E-state index contributed by atoms with van der Waals surface area (Å²) < 4.78 is 1.38. The molecule has 0 saturated heterocycles. The molecule has 0 aliphatic carbocycles. The number of halogens is 2. The Balaban J connectivity index is 2.22. The highest BCUT2D eigenvalue weighted by atomic mass is 35.5. The van der Waals surface area contributed by atoms with Crippen LogP contribution in [0.3, 0.4) is 0 Å². The molecule has 3 aromatic rings. The number of hydrogen-bond donors (Lipinski definition) is 2. The van der Waals surface area contributed by atoms with Gasteiger partial charge >= 0.3 is 11.9 Å². The second-order valence-corrected chi connectivity index (χ2v) is 5.93. The number of benzene rings is 2. The minimum Gasteiger partial charge on any atom is -0.478 e. The highest BCUT2D eigenvalue weighted by Gasteiger charge is 2.17. The van der Waals surface area contributed by atoms with Gasteiger partial charge in [-0.2, -0.15) is 5.10 Å². The van der Waals surface area contributed by atoms with E-state index in [1.54, 1.807) is 30.3 Å². The molecule has 6 nitrogen and oxygen atoms in total. The normalized spacial score (nSPS) is 10.6.